The van der Waals surface area contributed by atoms with Gasteiger partial charge in [0.1, 0.15) is 0 Å². The molecule has 0 aromatic heterocycles. The Kier molecular flexibility index (Phi) is 5.21. The Morgan fingerprint density at radius 2 is 2.06 bits per heavy atom. The van der Waals surface area contributed by atoms with Gasteiger partial charge in [0.2, 0.25) is 0 Å². The highest BCUT2D eigenvalue weighted by Gasteiger charge is 2.25. The van der Waals surface area contributed by atoms with Gasteiger partial charge in [0, 0.05) is 12.6 Å². The van der Waals surface area contributed by atoms with Crippen molar-refractivity contribution in [3.8, 4) is 0 Å². The molecule has 1 N–H and O–H groups in total. The van der Waals surface area contributed by atoms with Crippen LogP contribution < -0.4 is 5.32 Å². The number of nitrogens with one attached hydrogen (secondary N) is 1. The second-order valence-electron chi connectivity index (χ2n) is 5.10. The maximum atomic E-state index is 5.63. The second kappa shape index (κ2) is 6.91. The quantitative estimate of drug-likeness (QED) is 0.834. The third-order valence-corrected chi connectivity index (χ3v) is 3.92. The Balaban J connectivity index is 2.00. The van der Waals surface area contributed by atoms with Gasteiger partial charge in [-0.15, -0.1) is 0 Å². The van der Waals surface area contributed by atoms with Crippen LogP contribution in [0.25, 0.3) is 0 Å². The number of aryl methyl sites for hydroxylation is 1. The highest BCUT2D eigenvalue weighted by Crippen LogP contribution is 2.27. The third kappa shape index (κ3) is 3.33. The van der Waals surface area contributed by atoms with Gasteiger partial charge in [-0.1, -0.05) is 31.2 Å². The SMILES string of the molecule is CCNC(COCC)C1CCc2ccccc2C1. The van der Waals surface area contributed by atoms with Crippen molar-refractivity contribution in [2.45, 2.75) is 39.2 Å². The van der Waals surface area contributed by atoms with Gasteiger partial charge in [-0.3, -0.25) is 0 Å². The average molecular weight is 247 g/mol. The van der Waals surface area contributed by atoms with Crippen LogP contribution in [0.5, 0.6) is 0 Å². The topological polar surface area (TPSA) is 21.3 Å². The minimum absolute atomic E-state index is 0.503. The van der Waals surface area contributed by atoms with Crippen molar-refractivity contribution in [2.75, 3.05) is 19.8 Å². The van der Waals surface area contributed by atoms with E-state index in [1.165, 1.54) is 24.8 Å². The molecule has 0 radical (unpaired) electrons. The first-order chi connectivity index (χ1) is 8.85. The lowest BCUT2D eigenvalue weighted by Gasteiger charge is -2.32. The van der Waals surface area contributed by atoms with Crippen LogP contribution in [-0.2, 0) is 17.6 Å². The first kappa shape index (κ1) is 13.6. The van der Waals surface area contributed by atoms with Crippen LogP contribution in [0.3, 0.4) is 0 Å². The van der Waals surface area contributed by atoms with Gasteiger partial charge in [0.15, 0.2) is 0 Å². The van der Waals surface area contributed by atoms with Crippen LogP contribution in [0.1, 0.15) is 31.4 Å². The van der Waals surface area contributed by atoms with Crippen molar-refractivity contribution < 1.29 is 4.74 Å². The van der Waals surface area contributed by atoms with E-state index in [0.29, 0.717) is 12.0 Å². The molecule has 0 amide bonds. The van der Waals surface area contributed by atoms with Crippen LogP contribution in [0.15, 0.2) is 24.3 Å². The molecule has 2 rings (SSSR count). The van der Waals surface area contributed by atoms with E-state index in [2.05, 4.69) is 43.4 Å². The molecule has 2 nitrogen and oxygen atoms in total. The Labute approximate surface area is 111 Å². The van der Waals surface area contributed by atoms with Crippen LogP contribution in [0, 0.1) is 5.92 Å². The van der Waals surface area contributed by atoms with Gasteiger partial charge in [-0.25, -0.2) is 0 Å². The highest BCUT2D eigenvalue weighted by molar-refractivity contribution is 5.30. The summed E-state index contributed by atoms with van der Waals surface area (Å²) in [6, 6.07) is 9.37. The molecule has 0 spiro atoms. The molecule has 0 saturated heterocycles. The summed E-state index contributed by atoms with van der Waals surface area (Å²) in [5.41, 5.74) is 3.08. The zero-order valence-electron chi connectivity index (χ0n) is 11.6. The van der Waals surface area contributed by atoms with Gasteiger partial charge in [0.05, 0.1) is 6.61 Å². The highest BCUT2D eigenvalue weighted by atomic mass is 16.5. The molecule has 18 heavy (non-hydrogen) atoms. The molecule has 0 aliphatic heterocycles. The first-order valence-corrected chi connectivity index (χ1v) is 7.23. The monoisotopic (exact) mass is 247 g/mol. The second-order valence-corrected chi connectivity index (χ2v) is 5.10. The van der Waals surface area contributed by atoms with Gasteiger partial charge < -0.3 is 10.1 Å². The Morgan fingerprint density at radius 1 is 1.28 bits per heavy atom. The van der Waals surface area contributed by atoms with Gasteiger partial charge in [-0.2, -0.15) is 0 Å². The predicted molar refractivity (Wildman–Crippen MR) is 75.9 cm³/mol. The van der Waals surface area contributed by atoms with Crippen molar-refractivity contribution in [3.63, 3.8) is 0 Å². The fourth-order valence-electron chi connectivity index (χ4n) is 2.94. The smallest absolute Gasteiger partial charge is 0.0622 e. The molecule has 0 saturated carbocycles. The summed E-state index contributed by atoms with van der Waals surface area (Å²) in [7, 11) is 0. The van der Waals surface area contributed by atoms with E-state index < -0.39 is 0 Å². The largest absolute Gasteiger partial charge is 0.380 e. The molecule has 1 aliphatic rings. The number of ether oxygens (including phenoxy) is 1. The fourth-order valence-corrected chi connectivity index (χ4v) is 2.94. The van der Waals surface area contributed by atoms with E-state index in [0.717, 1.165) is 19.8 Å². The molecular weight excluding hydrogens is 222 g/mol. The molecule has 1 aromatic carbocycles. The summed E-state index contributed by atoms with van der Waals surface area (Å²) in [4.78, 5) is 0. The Hall–Kier alpha value is -0.860. The number of rotatable bonds is 6. The summed E-state index contributed by atoms with van der Waals surface area (Å²) >= 11 is 0. The lowest BCUT2D eigenvalue weighted by atomic mass is 9.80. The lowest BCUT2D eigenvalue weighted by Crippen LogP contribution is -2.42. The Bertz CT molecular complexity index is 364. The summed E-state index contributed by atoms with van der Waals surface area (Å²) in [5.74, 6) is 0.714. The van der Waals surface area contributed by atoms with Crippen LogP contribution in [0.4, 0.5) is 0 Å². The normalized spacial score (nSPS) is 20.4. The average Bonchev–Trinajstić information content (AvgIpc) is 2.43. The van der Waals surface area contributed by atoms with E-state index in [1.54, 1.807) is 5.56 Å². The maximum absolute atomic E-state index is 5.63. The van der Waals surface area contributed by atoms with Crippen LogP contribution >= 0.6 is 0 Å². The molecule has 0 bridgehead atoms. The van der Waals surface area contributed by atoms with Gasteiger partial charge >= 0.3 is 0 Å². The number of likely N-dealkylation sites (N-methyl/N-ethyl adjacent to an activating group) is 1. The standard InChI is InChI=1S/C16H25NO/c1-3-17-16(12-18-4-2)15-10-9-13-7-5-6-8-14(13)11-15/h5-8,15-17H,3-4,9-12H2,1-2H3. The van der Waals surface area contributed by atoms with Gasteiger partial charge in [-0.05, 0) is 49.8 Å². The fraction of sp³-hybridized carbons (Fsp3) is 0.625. The van der Waals surface area contributed by atoms with Crippen molar-refractivity contribution in [1.82, 2.24) is 5.32 Å². The summed E-state index contributed by atoms with van der Waals surface area (Å²) < 4.78 is 5.63. The number of benzene rings is 1. The van der Waals surface area contributed by atoms with E-state index in [9.17, 15) is 0 Å². The van der Waals surface area contributed by atoms with E-state index in [1.807, 2.05) is 0 Å². The summed E-state index contributed by atoms with van der Waals surface area (Å²) in [6.45, 7) is 6.92. The van der Waals surface area contributed by atoms with E-state index in [-0.39, 0.29) is 0 Å². The van der Waals surface area contributed by atoms with Crippen molar-refractivity contribution >= 4 is 0 Å². The Morgan fingerprint density at radius 3 is 2.78 bits per heavy atom. The lowest BCUT2D eigenvalue weighted by molar-refractivity contribution is 0.0997. The number of fused-ring (bicyclic) bond motifs is 1. The van der Waals surface area contributed by atoms with E-state index in [4.69, 9.17) is 4.74 Å². The number of hydrogen-bond donors (Lipinski definition) is 1. The van der Waals surface area contributed by atoms with Crippen molar-refractivity contribution in [1.29, 1.82) is 0 Å². The number of hydrogen-bond acceptors (Lipinski definition) is 2. The molecule has 1 aliphatic carbocycles. The molecule has 2 unspecified atom stereocenters. The van der Waals surface area contributed by atoms with Gasteiger partial charge in [0.25, 0.3) is 0 Å². The molecule has 1 aromatic rings. The molecule has 2 atom stereocenters. The maximum Gasteiger partial charge on any atom is 0.0622 e. The minimum Gasteiger partial charge on any atom is -0.380 e. The first-order valence-electron chi connectivity index (χ1n) is 7.23. The summed E-state index contributed by atoms with van der Waals surface area (Å²) in [6.07, 6.45) is 3.69. The third-order valence-electron chi connectivity index (χ3n) is 3.92. The molecular formula is C16H25NO. The van der Waals surface area contributed by atoms with Crippen molar-refractivity contribution in [3.05, 3.63) is 35.4 Å². The van der Waals surface area contributed by atoms with Crippen LogP contribution in [0.2, 0.25) is 0 Å². The molecule has 0 fully saturated rings. The van der Waals surface area contributed by atoms with Crippen molar-refractivity contribution in [2.24, 2.45) is 5.92 Å². The zero-order chi connectivity index (χ0) is 12.8. The van der Waals surface area contributed by atoms with E-state index >= 15 is 0 Å². The molecule has 2 heteroatoms. The summed E-state index contributed by atoms with van der Waals surface area (Å²) in [5, 5.41) is 3.59. The molecule has 0 heterocycles. The predicted octanol–water partition coefficient (Wildman–Crippen LogP) is 2.81. The molecule has 100 valence electrons. The zero-order valence-corrected chi connectivity index (χ0v) is 11.6. The van der Waals surface area contributed by atoms with Crippen LogP contribution in [-0.4, -0.2) is 25.8 Å². The minimum atomic E-state index is 0.503.